The summed E-state index contributed by atoms with van der Waals surface area (Å²) in [4.78, 5) is 6.94. The van der Waals surface area contributed by atoms with E-state index in [-0.39, 0.29) is 24.0 Å². The van der Waals surface area contributed by atoms with Gasteiger partial charge in [-0.15, -0.1) is 24.0 Å². The van der Waals surface area contributed by atoms with Gasteiger partial charge in [-0.3, -0.25) is 4.99 Å². The van der Waals surface area contributed by atoms with Crippen molar-refractivity contribution in [1.82, 2.24) is 10.2 Å². The molecule has 1 aromatic rings. The first-order chi connectivity index (χ1) is 11.7. The van der Waals surface area contributed by atoms with Crippen LogP contribution in [0.15, 0.2) is 23.2 Å². The Labute approximate surface area is 170 Å². The second-order valence-electron chi connectivity index (χ2n) is 5.80. The van der Waals surface area contributed by atoms with E-state index in [1.54, 1.807) is 14.2 Å². The Kier molecular flexibility index (Phi) is 13.4. The lowest BCUT2D eigenvalue weighted by Crippen LogP contribution is -2.39. The minimum Gasteiger partial charge on any atom is -0.493 e. The molecule has 144 valence electrons. The topological polar surface area (TPSA) is 46.1 Å². The molecule has 0 heterocycles. The normalized spacial score (nSPS) is 10.8. The molecule has 0 aromatic heterocycles. The van der Waals surface area contributed by atoms with Crippen LogP contribution < -0.4 is 14.8 Å². The monoisotopic (exact) mass is 463 g/mol. The average molecular weight is 463 g/mol. The van der Waals surface area contributed by atoms with Crippen molar-refractivity contribution in [3.63, 3.8) is 0 Å². The van der Waals surface area contributed by atoms with E-state index in [0.717, 1.165) is 49.9 Å². The zero-order valence-electron chi connectivity index (χ0n) is 16.3. The number of ether oxygens (including phenoxy) is 2. The van der Waals surface area contributed by atoms with Gasteiger partial charge in [0.2, 0.25) is 0 Å². The summed E-state index contributed by atoms with van der Waals surface area (Å²) in [5.41, 5.74) is 1.24. The van der Waals surface area contributed by atoms with E-state index in [9.17, 15) is 0 Å². The van der Waals surface area contributed by atoms with Crippen LogP contribution in [0.1, 0.15) is 38.7 Å². The minimum atomic E-state index is 0. The van der Waals surface area contributed by atoms with Crippen molar-refractivity contribution in [3.05, 3.63) is 23.8 Å². The SMILES string of the molecule is CCCCN(C)C(=NCCCc1ccc(OC)c(OC)c1)NCC.I. The van der Waals surface area contributed by atoms with Gasteiger partial charge in [0.25, 0.3) is 0 Å². The van der Waals surface area contributed by atoms with Gasteiger partial charge in [-0.2, -0.15) is 0 Å². The fourth-order valence-electron chi connectivity index (χ4n) is 2.48. The van der Waals surface area contributed by atoms with Gasteiger partial charge in [0, 0.05) is 26.7 Å². The van der Waals surface area contributed by atoms with Crippen LogP contribution >= 0.6 is 24.0 Å². The van der Waals surface area contributed by atoms with Gasteiger partial charge in [-0.05, 0) is 43.9 Å². The van der Waals surface area contributed by atoms with Crippen LogP contribution in [0.4, 0.5) is 0 Å². The highest BCUT2D eigenvalue weighted by atomic mass is 127. The summed E-state index contributed by atoms with van der Waals surface area (Å²) in [6, 6.07) is 6.09. The van der Waals surface area contributed by atoms with E-state index in [1.807, 2.05) is 12.1 Å². The van der Waals surface area contributed by atoms with E-state index in [1.165, 1.54) is 18.4 Å². The molecule has 0 aliphatic carbocycles. The standard InChI is InChI=1S/C19H33N3O2.HI/c1-6-8-14-22(3)19(20-7-2)21-13-9-10-16-11-12-17(23-4)18(15-16)24-5;/h11-12,15H,6-10,13-14H2,1-5H3,(H,20,21);1H. The van der Waals surface area contributed by atoms with Gasteiger partial charge >= 0.3 is 0 Å². The third-order valence-corrected chi connectivity index (χ3v) is 3.88. The lowest BCUT2D eigenvalue weighted by molar-refractivity contribution is 0.354. The van der Waals surface area contributed by atoms with Crippen LogP contribution in [-0.4, -0.2) is 51.8 Å². The third kappa shape index (κ3) is 8.65. The first-order valence-corrected chi connectivity index (χ1v) is 8.86. The third-order valence-electron chi connectivity index (χ3n) is 3.88. The molecule has 0 amide bonds. The summed E-state index contributed by atoms with van der Waals surface area (Å²) in [7, 11) is 5.43. The number of halogens is 1. The fraction of sp³-hybridized carbons (Fsp3) is 0.632. The Morgan fingerprint density at radius 2 is 1.84 bits per heavy atom. The van der Waals surface area contributed by atoms with Gasteiger partial charge in [-0.25, -0.2) is 0 Å². The molecule has 1 N–H and O–H groups in total. The summed E-state index contributed by atoms with van der Waals surface area (Å²) in [5.74, 6) is 2.55. The molecular formula is C19H34IN3O2. The Hall–Kier alpha value is -1.18. The average Bonchev–Trinajstić information content (AvgIpc) is 2.61. The van der Waals surface area contributed by atoms with Crippen molar-refractivity contribution in [2.45, 2.75) is 39.5 Å². The zero-order valence-corrected chi connectivity index (χ0v) is 18.6. The van der Waals surface area contributed by atoms with Gasteiger partial charge < -0.3 is 19.7 Å². The number of benzene rings is 1. The predicted molar refractivity (Wildman–Crippen MR) is 117 cm³/mol. The molecule has 0 saturated carbocycles. The van der Waals surface area contributed by atoms with E-state index in [0.29, 0.717) is 0 Å². The maximum absolute atomic E-state index is 5.35. The lowest BCUT2D eigenvalue weighted by Gasteiger charge is -2.21. The van der Waals surface area contributed by atoms with Crippen molar-refractivity contribution >= 4 is 29.9 Å². The quantitative estimate of drug-likeness (QED) is 0.247. The molecule has 0 fully saturated rings. The van der Waals surface area contributed by atoms with Crippen LogP contribution in [0.25, 0.3) is 0 Å². The fourth-order valence-corrected chi connectivity index (χ4v) is 2.48. The molecule has 0 bridgehead atoms. The maximum atomic E-state index is 5.35. The van der Waals surface area contributed by atoms with Crippen LogP contribution in [0.5, 0.6) is 11.5 Å². The molecule has 1 rings (SSSR count). The summed E-state index contributed by atoms with van der Waals surface area (Å²) >= 11 is 0. The van der Waals surface area contributed by atoms with Gasteiger partial charge in [0.1, 0.15) is 0 Å². The molecular weight excluding hydrogens is 429 g/mol. The number of aryl methyl sites for hydroxylation is 1. The Balaban J connectivity index is 0.00000576. The molecule has 0 aliphatic heterocycles. The predicted octanol–water partition coefficient (Wildman–Crippen LogP) is 3.95. The number of nitrogens with one attached hydrogen (secondary N) is 1. The highest BCUT2D eigenvalue weighted by Crippen LogP contribution is 2.27. The van der Waals surface area contributed by atoms with Crippen LogP contribution in [0.2, 0.25) is 0 Å². The molecule has 0 saturated heterocycles. The molecule has 0 unspecified atom stereocenters. The van der Waals surface area contributed by atoms with E-state index >= 15 is 0 Å². The van der Waals surface area contributed by atoms with Gasteiger partial charge in [0.05, 0.1) is 14.2 Å². The zero-order chi connectivity index (χ0) is 17.8. The summed E-state index contributed by atoms with van der Waals surface area (Å²) in [6.07, 6.45) is 4.36. The minimum absolute atomic E-state index is 0. The number of rotatable bonds is 10. The number of hydrogen-bond acceptors (Lipinski definition) is 3. The van der Waals surface area contributed by atoms with Crippen LogP contribution in [-0.2, 0) is 6.42 Å². The molecule has 5 nitrogen and oxygen atoms in total. The van der Waals surface area contributed by atoms with Gasteiger partial charge in [0.15, 0.2) is 17.5 Å². The number of aliphatic imine (C=N–C) groups is 1. The van der Waals surface area contributed by atoms with Gasteiger partial charge in [-0.1, -0.05) is 19.4 Å². The number of hydrogen-bond donors (Lipinski definition) is 1. The molecule has 6 heteroatoms. The van der Waals surface area contributed by atoms with Crippen molar-refractivity contribution in [2.24, 2.45) is 4.99 Å². The molecule has 1 aromatic carbocycles. The van der Waals surface area contributed by atoms with Crippen LogP contribution in [0, 0.1) is 0 Å². The molecule has 25 heavy (non-hydrogen) atoms. The molecule has 0 spiro atoms. The van der Waals surface area contributed by atoms with E-state index in [4.69, 9.17) is 14.5 Å². The Bertz CT molecular complexity index is 509. The van der Waals surface area contributed by atoms with Crippen LogP contribution in [0.3, 0.4) is 0 Å². The Morgan fingerprint density at radius 1 is 1.12 bits per heavy atom. The number of guanidine groups is 1. The lowest BCUT2D eigenvalue weighted by atomic mass is 10.1. The smallest absolute Gasteiger partial charge is 0.193 e. The summed E-state index contributed by atoms with van der Waals surface area (Å²) in [6.45, 7) is 7.06. The first-order valence-electron chi connectivity index (χ1n) is 8.86. The first kappa shape index (κ1) is 23.8. The van der Waals surface area contributed by atoms with E-state index < -0.39 is 0 Å². The van der Waals surface area contributed by atoms with Crippen molar-refractivity contribution < 1.29 is 9.47 Å². The highest BCUT2D eigenvalue weighted by molar-refractivity contribution is 14.0. The van der Waals surface area contributed by atoms with E-state index in [2.05, 4.69) is 37.2 Å². The molecule has 0 radical (unpaired) electrons. The number of methoxy groups -OCH3 is 2. The summed E-state index contributed by atoms with van der Waals surface area (Å²) in [5, 5.41) is 3.36. The van der Waals surface area contributed by atoms with Crippen molar-refractivity contribution in [2.75, 3.05) is 40.9 Å². The second kappa shape index (κ2) is 14.0. The Morgan fingerprint density at radius 3 is 2.44 bits per heavy atom. The maximum Gasteiger partial charge on any atom is 0.193 e. The van der Waals surface area contributed by atoms with Crippen molar-refractivity contribution in [1.29, 1.82) is 0 Å². The molecule has 0 atom stereocenters. The second-order valence-corrected chi connectivity index (χ2v) is 5.80. The number of nitrogens with zero attached hydrogens (tertiary/aromatic N) is 2. The largest absolute Gasteiger partial charge is 0.493 e. The highest BCUT2D eigenvalue weighted by Gasteiger charge is 2.06. The molecule has 0 aliphatic rings. The van der Waals surface area contributed by atoms with Crippen molar-refractivity contribution in [3.8, 4) is 11.5 Å². The number of unbranched alkanes of at least 4 members (excludes halogenated alkanes) is 1. The summed E-state index contributed by atoms with van der Waals surface area (Å²) < 4.78 is 10.6.